The molecule has 7 nitrogen and oxygen atoms in total. The van der Waals surface area contributed by atoms with Gasteiger partial charge in [0, 0.05) is 12.8 Å². The molecule has 0 saturated carbocycles. The van der Waals surface area contributed by atoms with E-state index < -0.39 is 30.9 Å². The lowest BCUT2D eigenvalue weighted by atomic mass is 10.4. The van der Waals surface area contributed by atoms with E-state index in [1.54, 1.807) is 0 Å². The van der Waals surface area contributed by atoms with Crippen LogP contribution in [-0.4, -0.2) is 47.8 Å². The summed E-state index contributed by atoms with van der Waals surface area (Å²) in [5, 5.41) is -0.985. The molecule has 9 heteroatoms. The van der Waals surface area contributed by atoms with Crippen molar-refractivity contribution in [2.45, 2.75) is 6.42 Å². The van der Waals surface area contributed by atoms with Gasteiger partial charge in [-0.2, -0.15) is 0 Å². The first-order valence-corrected chi connectivity index (χ1v) is 7.59. The molecule has 0 amide bonds. The fourth-order valence-electron chi connectivity index (χ4n) is 0.734. The molecule has 90 valence electrons. The summed E-state index contributed by atoms with van der Waals surface area (Å²) in [6, 6.07) is 0. The molecule has 0 aromatic carbocycles. The predicted octanol–water partition coefficient (Wildman–Crippen LogP) is -1.53. The lowest BCUT2D eigenvalue weighted by Gasteiger charge is -2.04. The van der Waals surface area contributed by atoms with Crippen molar-refractivity contribution in [1.82, 2.24) is 4.72 Å². The molecule has 0 atom stereocenters. The minimum absolute atomic E-state index is 0.139. The van der Waals surface area contributed by atoms with Crippen molar-refractivity contribution in [2.75, 3.05) is 25.0 Å². The topological polar surface area (TPSA) is 107 Å². The quantitative estimate of drug-likeness (QED) is 0.580. The van der Waals surface area contributed by atoms with Gasteiger partial charge in [-0.25, -0.2) is 21.6 Å². The van der Waals surface area contributed by atoms with Crippen LogP contribution in [0, 0.1) is 0 Å². The van der Waals surface area contributed by atoms with Crippen molar-refractivity contribution in [2.24, 2.45) is 0 Å². The fourth-order valence-corrected chi connectivity index (χ4v) is 3.74. The largest absolute Gasteiger partial charge is 0.469 e. The van der Waals surface area contributed by atoms with E-state index in [0.29, 0.717) is 0 Å². The van der Waals surface area contributed by atoms with Crippen LogP contribution in [0.25, 0.3) is 0 Å². The van der Waals surface area contributed by atoms with Gasteiger partial charge in [0.1, 0.15) is 0 Å². The van der Waals surface area contributed by atoms with Crippen molar-refractivity contribution in [1.29, 1.82) is 0 Å². The van der Waals surface area contributed by atoms with Gasteiger partial charge in [-0.05, 0) is 0 Å². The van der Waals surface area contributed by atoms with E-state index in [2.05, 4.69) is 4.74 Å². The lowest BCUT2D eigenvalue weighted by molar-refractivity contribution is -0.140. The Hall–Kier alpha value is -0.670. The number of carbonyl (C=O) groups is 1. The molecule has 0 radical (unpaired) electrons. The molecular formula is C6H13NO6S2. The first kappa shape index (κ1) is 14.3. The molecule has 0 aliphatic rings. The lowest BCUT2D eigenvalue weighted by Crippen LogP contribution is -2.31. The number of ether oxygens (including phenoxy) is 1. The maximum atomic E-state index is 11.1. The Bertz CT molecular complexity index is 409. The summed E-state index contributed by atoms with van der Waals surface area (Å²) in [6.07, 6.45) is 0.673. The van der Waals surface area contributed by atoms with E-state index in [1.165, 1.54) is 7.11 Å². The molecule has 0 spiro atoms. The van der Waals surface area contributed by atoms with Crippen molar-refractivity contribution in [3.05, 3.63) is 0 Å². The van der Waals surface area contributed by atoms with Gasteiger partial charge in [0.05, 0.1) is 13.5 Å². The van der Waals surface area contributed by atoms with Gasteiger partial charge in [-0.15, -0.1) is 0 Å². The van der Waals surface area contributed by atoms with Gasteiger partial charge in [-0.1, -0.05) is 0 Å². The van der Waals surface area contributed by atoms with E-state index in [-0.39, 0.29) is 13.0 Å². The predicted molar refractivity (Wildman–Crippen MR) is 53.3 cm³/mol. The summed E-state index contributed by atoms with van der Waals surface area (Å²) in [6.45, 7) is -0.176. The number of nitrogens with one attached hydrogen (secondary N) is 1. The second-order valence-corrected chi connectivity index (χ2v) is 7.19. The van der Waals surface area contributed by atoms with Crippen LogP contribution in [0.3, 0.4) is 0 Å². The third kappa shape index (κ3) is 8.33. The van der Waals surface area contributed by atoms with Crippen LogP contribution in [0.15, 0.2) is 0 Å². The van der Waals surface area contributed by atoms with Gasteiger partial charge in [-0.3, -0.25) is 4.79 Å². The molecule has 0 fully saturated rings. The Morgan fingerprint density at radius 3 is 2.20 bits per heavy atom. The zero-order chi connectivity index (χ0) is 12.1. The second kappa shape index (κ2) is 5.42. The number of sulfonamides is 1. The summed E-state index contributed by atoms with van der Waals surface area (Å²) in [7, 11) is -6.32. The van der Waals surface area contributed by atoms with Crippen LogP contribution in [0.5, 0.6) is 0 Å². The van der Waals surface area contributed by atoms with Crippen LogP contribution in [0.2, 0.25) is 0 Å². The maximum absolute atomic E-state index is 11.1. The van der Waals surface area contributed by atoms with Crippen molar-refractivity contribution in [3.63, 3.8) is 0 Å². The van der Waals surface area contributed by atoms with Crippen molar-refractivity contribution < 1.29 is 26.4 Å². The van der Waals surface area contributed by atoms with E-state index in [9.17, 15) is 21.6 Å². The summed E-state index contributed by atoms with van der Waals surface area (Å²) in [5.41, 5.74) is 0. The average Bonchev–Trinajstić information content (AvgIpc) is 1.98. The van der Waals surface area contributed by atoms with Crippen molar-refractivity contribution >= 4 is 25.8 Å². The molecule has 0 saturated heterocycles. The monoisotopic (exact) mass is 259 g/mol. The SMILES string of the molecule is COC(=O)CCNS(=O)(=O)CS(C)(=O)=O. The standard InChI is InChI=1S/C6H13NO6S2/c1-13-6(8)3-4-7-15(11,12)5-14(2,9)10/h7H,3-5H2,1-2H3. The van der Waals surface area contributed by atoms with E-state index in [1.807, 2.05) is 4.72 Å². The van der Waals surface area contributed by atoms with Gasteiger partial charge in [0.15, 0.2) is 14.9 Å². The highest BCUT2D eigenvalue weighted by atomic mass is 32.3. The molecule has 0 aliphatic heterocycles. The summed E-state index contributed by atoms with van der Waals surface area (Å²) in [5.74, 6) is -0.572. The Kier molecular flexibility index (Phi) is 5.18. The average molecular weight is 259 g/mol. The molecule has 0 aromatic rings. The Morgan fingerprint density at radius 2 is 1.80 bits per heavy atom. The number of carbonyl (C=O) groups excluding carboxylic acids is 1. The van der Waals surface area contributed by atoms with Crippen LogP contribution in [-0.2, 0) is 29.4 Å². The van der Waals surface area contributed by atoms with Crippen LogP contribution in [0.4, 0.5) is 0 Å². The van der Waals surface area contributed by atoms with Crippen LogP contribution in [0.1, 0.15) is 6.42 Å². The second-order valence-electron chi connectivity index (χ2n) is 2.88. The van der Waals surface area contributed by atoms with Crippen LogP contribution >= 0.6 is 0 Å². The number of rotatable bonds is 6. The molecule has 0 bridgehead atoms. The van der Waals surface area contributed by atoms with Gasteiger partial charge >= 0.3 is 5.97 Å². The molecule has 0 unspecified atom stereocenters. The number of esters is 1. The number of hydrogen-bond acceptors (Lipinski definition) is 6. The third-order valence-corrected chi connectivity index (χ3v) is 4.85. The van der Waals surface area contributed by atoms with Gasteiger partial charge in [0.2, 0.25) is 10.0 Å². The Morgan fingerprint density at radius 1 is 1.27 bits per heavy atom. The van der Waals surface area contributed by atoms with E-state index >= 15 is 0 Å². The highest BCUT2D eigenvalue weighted by molar-refractivity contribution is 8.06. The molecule has 15 heavy (non-hydrogen) atoms. The maximum Gasteiger partial charge on any atom is 0.306 e. The van der Waals surface area contributed by atoms with E-state index in [4.69, 9.17) is 0 Å². The Labute approximate surface area is 88.8 Å². The third-order valence-electron chi connectivity index (χ3n) is 1.25. The number of methoxy groups -OCH3 is 1. The molecule has 0 aliphatic carbocycles. The van der Waals surface area contributed by atoms with E-state index in [0.717, 1.165) is 6.26 Å². The number of hydrogen-bond donors (Lipinski definition) is 1. The highest BCUT2D eigenvalue weighted by Crippen LogP contribution is 1.92. The fraction of sp³-hybridized carbons (Fsp3) is 0.833. The summed E-state index contributed by atoms with van der Waals surface area (Å²) >= 11 is 0. The summed E-state index contributed by atoms with van der Waals surface area (Å²) in [4.78, 5) is 10.6. The van der Waals surface area contributed by atoms with Crippen molar-refractivity contribution in [3.8, 4) is 0 Å². The first-order valence-electron chi connectivity index (χ1n) is 3.88. The highest BCUT2D eigenvalue weighted by Gasteiger charge is 2.17. The minimum atomic E-state index is -3.89. The zero-order valence-electron chi connectivity index (χ0n) is 8.39. The molecule has 0 aromatic heterocycles. The normalized spacial score (nSPS) is 12.4. The summed E-state index contributed by atoms with van der Waals surface area (Å²) < 4.78 is 49.8. The molecule has 0 rings (SSSR count). The molecule has 0 heterocycles. The number of sulfone groups is 1. The molecule has 1 N–H and O–H groups in total. The molecular weight excluding hydrogens is 246 g/mol. The smallest absolute Gasteiger partial charge is 0.306 e. The van der Waals surface area contributed by atoms with Crippen LogP contribution < -0.4 is 4.72 Å². The minimum Gasteiger partial charge on any atom is -0.469 e. The zero-order valence-corrected chi connectivity index (χ0v) is 10.0. The van der Waals surface area contributed by atoms with Gasteiger partial charge in [0.25, 0.3) is 0 Å². The first-order chi connectivity index (χ1) is 6.66. The van der Waals surface area contributed by atoms with Gasteiger partial charge < -0.3 is 4.74 Å². The Balaban J connectivity index is 4.13.